The summed E-state index contributed by atoms with van der Waals surface area (Å²) in [5, 5.41) is 9.14. The molecule has 0 aliphatic carbocycles. The zero-order valence-electron chi connectivity index (χ0n) is 11.8. The monoisotopic (exact) mass is 289 g/mol. The molecular weight excluding hydrogens is 274 g/mol. The van der Waals surface area contributed by atoms with Crippen molar-refractivity contribution >= 4 is 11.1 Å². The Morgan fingerprint density at radius 1 is 1.29 bits per heavy atom. The third-order valence-electron chi connectivity index (χ3n) is 3.27. The highest BCUT2D eigenvalue weighted by Gasteiger charge is 2.17. The summed E-state index contributed by atoms with van der Waals surface area (Å²) in [5.74, 6) is 0. The normalized spacial score (nSPS) is 11.5. The summed E-state index contributed by atoms with van der Waals surface area (Å²) in [6.45, 7) is 3.66. The fraction of sp³-hybridized carbons (Fsp3) is 0.429. The number of nitrogens with one attached hydrogen (secondary N) is 2. The van der Waals surface area contributed by atoms with E-state index in [1.807, 2.05) is 13.8 Å². The number of nitriles is 1. The minimum absolute atomic E-state index is 0.120. The summed E-state index contributed by atoms with van der Waals surface area (Å²) in [4.78, 5) is 39.0. The first kappa shape index (κ1) is 14.8. The van der Waals surface area contributed by atoms with E-state index in [0.717, 1.165) is 0 Å². The number of aryl methyl sites for hydroxylation is 1. The summed E-state index contributed by atoms with van der Waals surface area (Å²) in [5.41, 5.74) is -2.02. The molecule has 2 aromatic heterocycles. The van der Waals surface area contributed by atoms with Crippen LogP contribution in [0.4, 0.5) is 0 Å². The number of rotatable bonds is 4. The molecule has 0 spiro atoms. The Labute approximate surface area is 119 Å². The average molecular weight is 289 g/mol. The van der Waals surface area contributed by atoms with Crippen molar-refractivity contribution in [2.45, 2.75) is 33.1 Å². The van der Waals surface area contributed by atoms with E-state index in [0.29, 0.717) is 24.8 Å². The molecule has 0 bridgehead atoms. The second-order valence-corrected chi connectivity index (χ2v) is 5.55. The molecule has 110 valence electrons. The summed E-state index contributed by atoms with van der Waals surface area (Å²) >= 11 is 0. The molecule has 0 aromatic carbocycles. The van der Waals surface area contributed by atoms with Gasteiger partial charge in [0.1, 0.15) is 5.39 Å². The second-order valence-electron chi connectivity index (χ2n) is 5.55. The summed E-state index contributed by atoms with van der Waals surface area (Å²) in [6, 6.07) is 3.44. The van der Waals surface area contributed by atoms with Crippen molar-refractivity contribution in [3.63, 3.8) is 0 Å². The van der Waals surface area contributed by atoms with Gasteiger partial charge in [-0.1, -0.05) is 0 Å². The van der Waals surface area contributed by atoms with Crippen molar-refractivity contribution in [2.75, 3.05) is 0 Å². The van der Waals surface area contributed by atoms with Crippen LogP contribution < -0.4 is 16.9 Å². The van der Waals surface area contributed by atoms with Crippen molar-refractivity contribution in [3.05, 3.63) is 42.9 Å². The highest BCUT2D eigenvalue weighted by atomic mass is 16.4. The Bertz CT molecular complexity index is 875. The third kappa shape index (κ3) is 3.28. The van der Waals surface area contributed by atoms with E-state index in [1.54, 1.807) is 0 Å². The molecule has 0 saturated heterocycles. The molecule has 0 unspecified atom stereocenters. The van der Waals surface area contributed by atoms with Gasteiger partial charge in [-0.05, 0) is 38.7 Å². The quantitative estimate of drug-likeness (QED) is 0.871. The SMILES string of the molecule is CC(C)(C#N)CCCc1cc(=O)oc2[nH]c(=O)[nH]c(=O)c12. The van der Waals surface area contributed by atoms with Gasteiger partial charge in [-0.25, -0.2) is 9.59 Å². The Balaban J connectivity index is 2.41. The van der Waals surface area contributed by atoms with E-state index < -0.39 is 22.3 Å². The van der Waals surface area contributed by atoms with Gasteiger partial charge < -0.3 is 4.42 Å². The van der Waals surface area contributed by atoms with E-state index in [1.165, 1.54) is 6.07 Å². The maximum absolute atomic E-state index is 11.9. The van der Waals surface area contributed by atoms with E-state index >= 15 is 0 Å². The Morgan fingerprint density at radius 2 is 2.00 bits per heavy atom. The number of hydrogen-bond acceptors (Lipinski definition) is 5. The Hall–Kier alpha value is -2.62. The predicted molar refractivity (Wildman–Crippen MR) is 76.1 cm³/mol. The molecule has 0 aliphatic rings. The van der Waals surface area contributed by atoms with E-state index in [2.05, 4.69) is 16.0 Å². The van der Waals surface area contributed by atoms with Gasteiger partial charge in [0, 0.05) is 6.07 Å². The van der Waals surface area contributed by atoms with Crippen molar-refractivity contribution in [1.29, 1.82) is 5.26 Å². The van der Waals surface area contributed by atoms with Gasteiger partial charge in [-0.15, -0.1) is 0 Å². The predicted octanol–water partition coefficient (Wildman–Crippen LogP) is 1.04. The molecule has 0 amide bonds. The average Bonchev–Trinajstić information content (AvgIpc) is 2.37. The fourth-order valence-electron chi connectivity index (χ4n) is 2.15. The second kappa shape index (κ2) is 5.40. The molecule has 2 rings (SSSR count). The summed E-state index contributed by atoms with van der Waals surface area (Å²) in [6.07, 6.45) is 1.71. The first-order valence-corrected chi connectivity index (χ1v) is 6.53. The number of hydrogen-bond donors (Lipinski definition) is 2. The van der Waals surface area contributed by atoms with Gasteiger partial charge in [0.2, 0.25) is 5.71 Å². The van der Waals surface area contributed by atoms with Crippen molar-refractivity contribution in [1.82, 2.24) is 9.97 Å². The molecule has 2 N–H and O–H groups in total. The maximum Gasteiger partial charge on any atom is 0.337 e. The largest absolute Gasteiger partial charge is 0.405 e. The van der Waals surface area contributed by atoms with Crippen LogP contribution in [0.25, 0.3) is 11.1 Å². The Morgan fingerprint density at radius 3 is 2.67 bits per heavy atom. The van der Waals surface area contributed by atoms with Crippen LogP contribution in [0.1, 0.15) is 32.3 Å². The van der Waals surface area contributed by atoms with Crippen LogP contribution in [0.15, 0.2) is 24.9 Å². The van der Waals surface area contributed by atoms with Gasteiger partial charge in [-0.3, -0.25) is 14.8 Å². The molecule has 0 fully saturated rings. The smallest absolute Gasteiger partial charge is 0.337 e. The van der Waals surface area contributed by atoms with Crippen LogP contribution in [0.2, 0.25) is 0 Å². The minimum Gasteiger partial charge on any atom is -0.405 e. The lowest BCUT2D eigenvalue weighted by Crippen LogP contribution is -2.24. The first-order chi connectivity index (χ1) is 9.82. The van der Waals surface area contributed by atoms with Crippen LogP contribution in [-0.4, -0.2) is 9.97 Å². The van der Waals surface area contributed by atoms with Crippen LogP contribution >= 0.6 is 0 Å². The van der Waals surface area contributed by atoms with Gasteiger partial charge >= 0.3 is 11.3 Å². The Kier molecular flexibility index (Phi) is 3.80. The third-order valence-corrected chi connectivity index (χ3v) is 3.27. The van der Waals surface area contributed by atoms with E-state index in [-0.39, 0.29) is 11.1 Å². The van der Waals surface area contributed by atoms with Gasteiger partial charge in [-0.2, -0.15) is 5.26 Å². The van der Waals surface area contributed by atoms with Gasteiger partial charge in [0.15, 0.2) is 0 Å². The molecule has 0 aliphatic heterocycles. The summed E-state index contributed by atoms with van der Waals surface area (Å²) in [7, 11) is 0. The van der Waals surface area contributed by atoms with Crippen LogP contribution in [-0.2, 0) is 6.42 Å². The minimum atomic E-state index is -0.724. The van der Waals surface area contributed by atoms with E-state index in [4.69, 9.17) is 9.68 Å². The van der Waals surface area contributed by atoms with Crippen molar-refractivity contribution in [2.24, 2.45) is 5.41 Å². The molecule has 21 heavy (non-hydrogen) atoms. The first-order valence-electron chi connectivity index (χ1n) is 6.53. The lowest BCUT2D eigenvalue weighted by atomic mass is 9.88. The summed E-state index contributed by atoms with van der Waals surface area (Å²) < 4.78 is 4.85. The topological polar surface area (TPSA) is 120 Å². The highest BCUT2D eigenvalue weighted by molar-refractivity contribution is 5.75. The molecular formula is C14H15N3O4. The number of H-pyrrole nitrogens is 2. The molecule has 7 heteroatoms. The molecule has 0 atom stereocenters. The van der Waals surface area contributed by atoms with Crippen LogP contribution in [0.3, 0.4) is 0 Å². The molecule has 0 radical (unpaired) electrons. The standard InChI is InChI=1S/C14H15N3O4/c1-14(2,7-15)5-3-4-8-6-9(18)21-12-10(8)11(19)16-13(20)17-12/h6H,3-5H2,1-2H3,(H2,16,17,19,20). The van der Waals surface area contributed by atoms with Gasteiger partial charge in [0.25, 0.3) is 5.56 Å². The lowest BCUT2D eigenvalue weighted by Gasteiger charge is -2.14. The number of fused-ring (bicyclic) bond motifs is 1. The number of aromatic amines is 2. The fourth-order valence-corrected chi connectivity index (χ4v) is 2.15. The van der Waals surface area contributed by atoms with Crippen LogP contribution in [0, 0.1) is 16.7 Å². The van der Waals surface area contributed by atoms with Crippen LogP contribution in [0.5, 0.6) is 0 Å². The number of nitrogens with zero attached hydrogens (tertiary/aromatic N) is 1. The highest BCUT2D eigenvalue weighted by Crippen LogP contribution is 2.22. The molecule has 0 saturated carbocycles. The van der Waals surface area contributed by atoms with Crippen molar-refractivity contribution < 1.29 is 4.42 Å². The van der Waals surface area contributed by atoms with Gasteiger partial charge in [0.05, 0.1) is 11.5 Å². The lowest BCUT2D eigenvalue weighted by molar-refractivity contribution is 0.435. The molecule has 7 nitrogen and oxygen atoms in total. The molecule has 2 aromatic rings. The maximum atomic E-state index is 11.9. The van der Waals surface area contributed by atoms with Crippen molar-refractivity contribution in [3.8, 4) is 6.07 Å². The molecule has 2 heterocycles. The van der Waals surface area contributed by atoms with E-state index in [9.17, 15) is 14.4 Å². The zero-order chi connectivity index (χ0) is 15.6. The zero-order valence-corrected chi connectivity index (χ0v) is 11.8. The number of aromatic nitrogens is 2.